The van der Waals surface area contributed by atoms with Gasteiger partial charge in [0.1, 0.15) is 5.82 Å². The van der Waals surface area contributed by atoms with Crippen molar-refractivity contribution in [3.8, 4) is 0 Å². The van der Waals surface area contributed by atoms with E-state index < -0.39 is 17.8 Å². The summed E-state index contributed by atoms with van der Waals surface area (Å²) in [6.07, 6.45) is -1.11. The topological polar surface area (TPSA) is 62.5 Å². The predicted octanol–water partition coefficient (Wildman–Crippen LogP) is 2.64. The third-order valence-corrected chi connectivity index (χ3v) is 2.94. The third kappa shape index (κ3) is 3.42. The summed E-state index contributed by atoms with van der Waals surface area (Å²) >= 11 is 3.08. The van der Waals surface area contributed by atoms with Crippen LogP contribution in [0.15, 0.2) is 45.5 Å². The molecule has 6 heteroatoms. The number of carbonyl (C=O) groups excluding carboxylic acids is 1. The van der Waals surface area contributed by atoms with Crippen LogP contribution in [-0.4, -0.2) is 17.6 Å². The molecule has 2 rings (SSSR count). The lowest BCUT2D eigenvalue weighted by Crippen LogP contribution is -2.28. The monoisotopic (exact) mass is 327 g/mol. The summed E-state index contributed by atoms with van der Waals surface area (Å²) < 4.78 is 18.9. The van der Waals surface area contributed by atoms with E-state index in [1.807, 2.05) is 0 Å². The Morgan fingerprint density at radius 2 is 2.11 bits per heavy atom. The second kappa shape index (κ2) is 5.99. The van der Waals surface area contributed by atoms with Gasteiger partial charge in [0.05, 0.1) is 6.10 Å². The number of rotatable bonds is 4. The first-order chi connectivity index (χ1) is 9.08. The summed E-state index contributed by atoms with van der Waals surface area (Å²) in [5.41, 5.74) is 0.142. The highest BCUT2D eigenvalue weighted by molar-refractivity contribution is 9.10. The molecule has 0 aliphatic rings. The number of hydrogen-bond donors (Lipinski definition) is 2. The number of nitrogens with one attached hydrogen (secondary N) is 1. The summed E-state index contributed by atoms with van der Waals surface area (Å²) in [5, 5.41) is 12.3. The van der Waals surface area contributed by atoms with Crippen LogP contribution in [-0.2, 0) is 0 Å². The average molecular weight is 328 g/mol. The minimum atomic E-state index is -1.11. The van der Waals surface area contributed by atoms with Crippen molar-refractivity contribution in [1.82, 2.24) is 5.32 Å². The normalized spacial score (nSPS) is 12.2. The van der Waals surface area contributed by atoms with Crippen LogP contribution in [0.4, 0.5) is 4.39 Å². The van der Waals surface area contributed by atoms with Crippen LogP contribution >= 0.6 is 15.9 Å². The molecule has 2 N–H and O–H groups in total. The van der Waals surface area contributed by atoms with Crippen molar-refractivity contribution in [2.24, 2.45) is 0 Å². The Morgan fingerprint density at radius 3 is 2.74 bits per heavy atom. The molecule has 0 fully saturated rings. The molecular weight excluding hydrogens is 317 g/mol. The van der Waals surface area contributed by atoms with E-state index in [-0.39, 0.29) is 17.9 Å². The molecule has 0 spiro atoms. The highest BCUT2D eigenvalue weighted by atomic mass is 79.9. The van der Waals surface area contributed by atoms with Crippen molar-refractivity contribution in [2.75, 3.05) is 6.54 Å². The van der Waals surface area contributed by atoms with Gasteiger partial charge >= 0.3 is 0 Å². The Labute approximate surface area is 117 Å². The van der Waals surface area contributed by atoms with E-state index in [1.54, 1.807) is 12.1 Å². The molecule has 0 bridgehead atoms. The number of aliphatic hydroxyl groups excluding tert-OH is 1. The molecule has 1 amide bonds. The summed E-state index contributed by atoms with van der Waals surface area (Å²) in [6.45, 7) is -0.0991. The highest BCUT2D eigenvalue weighted by Gasteiger charge is 2.15. The lowest BCUT2D eigenvalue weighted by molar-refractivity contribution is 0.0885. The molecular formula is C13H11BrFNO3. The lowest BCUT2D eigenvalue weighted by Gasteiger charge is -2.12. The summed E-state index contributed by atoms with van der Waals surface area (Å²) in [5.74, 6) is -0.862. The molecule has 0 aliphatic carbocycles. The van der Waals surface area contributed by atoms with E-state index in [0.717, 1.165) is 0 Å². The SMILES string of the molecule is O=C(NC[C@@H](O)c1ccccc1F)c1ccc(Br)o1. The van der Waals surface area contributed by atoms with Crippen molar-refractivity contribution in [2.45, 2.75) is 6.10 Å². The van der Waals surface area contributed by atoms with Gasteiger partial charge in [-0.25, -0.2) is 4.39 Å². The molecule has 0 saturated carbocycles. The first-order valence-electron chi connectivity index (χ1n) is 5.54. The van der Waals surface area contributed by atoms with Gasteiger partial charge in [-0.3, -0.25) is 4.79 Å². The number of furan rings is 1. The molecule has 19 heavy (non-hydrogen) atoms. The second-order valence-corrected chi connectivity index (χ2v) is 4.63. The van der Waals surface area contributed by atoms with Gasteiger partial charge in [-0.1, -0.05) is 18.2 Å². The third-order valence-electron chi connectivity index (χ3n) is 2.52. The van der Waals surface area contributed by atoms with Gasteiger partial charge in [0.15, 0.2) is 10.4 Å². The number of amides is 1. The zero-order valence-corrected chi connectivity index (χ0v) is 11.4. The maximum atomic E-state index is 13.4. The molecule has 100 valence electrons. The molecule has 1 aromatic carbocycles. The number of benzene rings is 1. The van der Waals surface area contributed by atoms with Crippen molar-refractivity contribution < 1.29 is 18.7 Å². The number of carbonyl (C=O) groups is 1. The Kier molecular flexibility index (Phi) is 4.34. The van der Waals surface area contributed by atoms with Crippen LogP contribution in [0.5, 0.6) is 0 Å². The fraction of sp³-hybridized carbons (Fsp3) is 0.154. The number of halogens is 2. The fourth-order valence-corrected chi connectivity index (χ4v) is 1.87. The van der Waals surface area contributed by atoms with Crippen LogP contribution in [0.25, 0.3) is 0 Å². The zero-order chi connectivity index (χ0) is 13.8. The van der Waals surface area contributed by atoms with Gasteiger partial charge in [-0.2, -0.15) is 0 Å². The molecule has 1 heterocycles. The predicted molar refractivity (Wildman–Crippen MR) is 70.1 cm³/mol. The average Bonchev–Trinajstić information content (AvgIpc) is 2.83. The number of hydrogen-bond acceptors (Lipinski definition) is 3. The largest absolute Gasteiger partial charge is 0.444 e. The van der Waals surface area contributed by atoms with E-state index in [9.17, 15) is 14.3 Å². The number of aliphatic hydroxyl groups is 1. The minimum Gasteiger partial charge on any atom is -0.444 e. The standard InChI is InChI=1S/C13H11BrFNO3/c14-12-6-5-11(19-12)13(18)16-7-10(17)8-3-1-2-4-9(8)15/h1-6,10,17H,7H2,(H,16,18)/t10-/m1/s1. The first kappa shape index (κ1) is 13.8. The molecule has 1 atom stereocenters. The lowest BCUT2D eigenvalue weighted by atomic mass is 10.1. The van der Waals surface area contributed by atoms with Gasteiger partial charge in [0.2, 0.25) is 0 Å². The molecule has 1 aromatic heterocycles. The van der Waals surface area contributed by atoms with Crippen molar-refractivity contribution in [3.63, 3.8) is 0 Å². The van der Waals surface area contributed by atoms with Crippen LogP contribution in [0.1, 0.15) is 22.2 Å². The summed E-state index contributed by atoms with van der Waals surface area (Å²) in [4.78, 5) is 11.6. The van der Waals surface area contributed by atoms with Gasteiger partial charge in [0, 0.05) is 12.1 Å². The Hall–Kier alpha value is -1.66. The molecule has 4 nitrogen and oxygen atoms in total. The Bertz CT molecular complexity index is 585. The Balaban J connectivity index is 1.96. The van der Waals surface area contributed by atoms with E-state index in [2.05, 4.69) is 21.2 Å². The maximum Gasteiger partial charge on any atom is 0.287 e. The van der Waals surface area contributed by atoms with Gasteiger partial charge in [0.25, 0.3) is 5.91 Å². The fourth-order valence-electron chi connectivity index (χ4n) is 1.57. The minimum absolute atomic E-state index is 0.0991. The molecule has 0 saturated heterocycles. The smallest absolute Gasteiger partial charge is 0.287 e. The first-order valence-corrected chi connectivity index (χ1v) is 6.33. The van der Waals surface area contributed by atoms with Crippen molar-refractivity contribution in [1.29, 1.82) is 0 Å². The Morgan fingerprint density at radius 1 is 1.37 bits per heavy atom. The quantitative estimate of drug-likeness (QED) is 0.907. The van der Waals surface area contributed by atoms with E-state index in [1.165, 1.54) is 24.3 Å². The molecule has 0 unspecified atom stereocenters. The van der Waals surface area contributed by atoms with Crippen LogP contribution < -0.4 is 5.32 Å². The molecule has 0 radical (unpaired) electrons. The zero-order valence-electron chi connectivity index (χ0n) is 9.77. The maximum absolute atomic E-state index is 13.4. The summed E-state index contributed by atoms with van der Waals surface area (Å²) in [6, 6.07) is 8.95. The molecule has 0 aliphatic heterocycles. The van der Waals surface area contributed by atoms with Gasteiger partial charge in [-0.05, 0) is 34.1 Å². The van der Waals surface area contributed by atoms with Crippen molar-refractivity contribution in [3.05, 3.63) is 58.2 Å². The van der Waals surface area contributed by atoms with E-state index in [0.29, 0.717) is 4.67 Å². The highest BCUT2D eigenvalue weighted by Crippen LogP contribution is 2.17. The molecule has 2 aromatic rings. The van der Waals surface area contributed by atoms with E-state index >= 15 is 0 Å². The van der Waals surface area contributed by atoms with Crippen LogP contribution in [0.3, 0.4) is 0 Å². The van der Waals surface area contributed by atoms with E-state index in [4.69, 9.17) is 4.42 Å². The van der Waals surface area contributed by atoms with Gasteiger partial charge < -0.3 is 14.8 Å². The second-order valence-electron chi connectivity index (χ2n) is 3.85. The van der Waals surface area contributed by atoms with Crippen molar-refractivity contribution >= 4 is 21.8 Å². The van der Waals surface area contributed by atoms with Crippen LogP contribution in [0.2, 0.25) is 0 Å². The summed E-state index contributed by atoms with van der Waals surface area (Å²) in [7, 11) is 0. The van der Waals surface area contributed by atoms with Gasteiger partial charge in [-0.15, -0.1) is 0 Å². The van der Waals surface area contributed by atoms with Crippen LogP contribution in [0, 0.1) is 5.82 Å².